The van der Waals surface area contributed by atoms with Crippen molar-refractivity contribution in [2.45, 2.75) is 58.8 Å². The first kappa shape index (κ1) is 36.5. The molecule has 0 amide bonds. The van der Waals surface area contributed by atoms with Crippen LogP contribution in [-0.2, 0) is 9.47 Å². The van der Waals surface area contributed by atoms with Gasteiger partial charge in [-0.25, -0.2) is 9.59 Å². The van der Waals surface area contributed by atoms with Gasteiger partial charge in [0, 0.05) is 0 Å². The maximum absolute atomic E-state index is 12.4. The van der Waals surface area contributed by atoms with E-state index in [4.69, 9.17) is 18.9 Å². The van der Waals surface area contributed by atoms with Gasteiger partial charge in [-0.3, -0.25) is 0 Å². The summed E-state index contributed by atoms with van der Waals surface area (Å²) in [5.41, 5.74) is 3.55. The zero-order chi connectivity index (χ0) is 34.5. The van der Waals surface area contributed by atoms with E-state index < -0.39 is 11.9 Å². The average Bonchev–Trinajstić information content (AvgIpc) is 3.14. The van der Waals surface area contributed by atoms with Gasteiger partial charge in [0.1, 0.15) is 11.5 Å². The first-order chi connectivity index (χ1) is 24.0. The minimum absolute atomic E-state index is 0.277. The molecule has 49 heavy (non-hydrogen) atoms. The number of nitrogens with zero attached hydrogens (tertiary/aromatic N) is 4. The maximum atomic E-state index is 12.4. The van der Waals surface area contributed by atoms with Gasteiger partial charge in [-0.1, -0.05) is 26.7 Å². The second kappa shape index (κ2) is 20.8. The molecule has 0 aromatic heterocycles. The molecule has 0 saturated heterocycles. The Morgan fingerprint density at radius 2 is 0.755 bits per heavy atom. The number of hydrogen-bond donors (Lipinski definition) is 0. The number of azo groups is 2. The lowest BCUT2D eigenvalue weighted by molar-refractivity contribution is 0.0478. The maximum Gasteiger partial charge on any atom is 0.338 e. The van der Waals surface area contributed by atoms with Crippen LogP contribution in [0.3, 0.4) is 0 Å². The lowest BCUT2D eigenvalue weighted by Crippen LogP contribution is -2.08. The molecule has 0 heterocycles. The predicted octanol–water partition coefficient (Wildman–Crippen LogP) is 11.1. The molecule has 0 aliphatic rings. The Labute approximate surface area is 288 Å². The fourth-order valence-corrected chi connectivity index (χ4v) is 4.32. The molecule has 0 bridgehead atoms. The standard InChI is InChI=1S/C39H44N4O6/c1-3-5-26-46-36-22-18-34(19-23-36)42-40-32-14-10-30(11-15-32)38(44)48-28-8-7-9-29-49-39(45)31-12-16-33(17-13-31)41-43-35-20-24-37(25-21-35)47-27-6-4-2/h10-25H,3-9,26-29H2,1-2H3. The lowest BCUT2D eigenvalue weighted by Gasteiger charge is -2.07. The van der Waals surface area contributed by atoms with Crippen molar-refractivity contribution in [3.05, 3.63) is 108 Å². The summed E-state index contributed by atoms with van der Waals surface area (Å²) in [6.45, 7) is 6.20. The Morgan fingerprint density at radius 1 is 0.429 bits per heavy atom. The van der Waals surface area contributed by atoms with Crippen LogP contribution in [0.4, 0.5) is 22.7 Å². The van der Waals surface area contributed by atoms with Gasteiger partial charge in [0.05, 0.1) is 60.3 Å². The molecule has 0 saturated carbocycles. The third-order valence-electron chi connectivity index (χ3n) is 7.23. The second-order valence-corrected chi connectivity index (χ2v) is 11.2. The van der Waals surface area contributed by atoms with E-state index in [1.807, 2.05) is 48.5 Å². The molecule has 0 atom stereocenters. The third-order valence-corrected chi connectivity index (χ3v) is 7.23. The average molecular weight is 665 g/mol. The molecule has 0 aliphatic carbocycles. The Bertz CT molecular complexity index is 1500. The molecule has 4 rings (SSSR count). The number of ether oxygens (including phenoxy) is 4. The lowest BCUT2D eigenvalue weighted by atomic mass is 10.2. The Balaban J connectivity index is 1.08. The number of hydrogen-bond acceptors (Lipinski definition) is 10. The van der Waals surface area contributed by atoms with Crippen molar-refractivity contribution in [3.8, 4) is 11.5 Å². The van der Waals surface area contributed by atoms with Crippen LogP contribution in [0.2, 0.25) is 0 Å². The summed E-state index contributed by atoms with van der Waals surface area (Å²) in [5, 5.41) is 17.0. The normalized spacial score (nSPS) is 11.1. The Hall–Kier alpha value is -5.38. The summed E-state index contributed by atoms with van der Waals surface area (Å²) in [6.07, 6.45) is 6.28. The number of unbranched alkanes of at least 4 members (excludes halogenated alkanes) is 4. The van der Waals surface area contributed by atoms with Crippen molar-refractivity contribution in [2.24, 2.45) is 20.5 Å². The Kier molecular flexibility index (Phi) is 15.5. The molecular formula is C39H44N4O6. The van der Waals surface area contributed by atoms with Gasteiger partial charge in [-0.2, -0.15) is 20.5 Å². The summed E-state index contributed by atoms with van der Waals surface area (Å²) >= 11 is 0. The first-order valence-corrected chi connectivity index (χ1v) is 16.9. The van der Waals surface area contributed by atoms with Gasteiger partial charge in [-0.15, -0.1) is 0 Å². The first-order valence-electron chi connectivity index (χ1n) is 16.9. The Morgan fingerprint density at radius 3 is 1.08 bits per heavy atom. The fraction of sp³-hybridized carbons (Fsp3) is 0.333. The minimum atomic E-state index is -0.401. The minimum Gasteiger partial charge on any atom is -0.494 e. The molecular weight excluding hydrogens is 620 g/mol. The number of rotatable bonds is 20. The van der Waals surface area contributed by atoms with Crippen molar-refractivity contribution >= 4 is 34.7 Å². The van der Waals surface area contributed by atoms with Crippen molar-refractivity contribution in [2.75, 3.05) is 26.4 Å². The summed E-state index contributed by atoms with van der Waals surface area (Å²) in [4.78, 5) is 24.8. The van der Waals surface area contributed by atoms with Crippen LogP contribution in [-0.4, -0.2) is 38.4 Å². The molecule has 0 aliphatic heterocycles. The number of esters is 2. The zero-order valence-electron chi connectivity index (χ0n) is 28.3. The van der Waals surface area contributed by atoms with Crippen LogP contribution in [0.1, 0.15) is 79.5 Å². The fourth-order valence-electron chi connectivity index (χ4n) is 4.32. The van der Waals surface area contributed by atoms with Crippen molar-refractivity contribution < 1.29 is 28.5 Å². The van der Waals surface area contributed by atoms with Crippen LogP contribution in [0.15, 0.2) is 118 Å². The molecule has 0 spiro atoms. The quantitative estimate of drug-likeness (QED) is 0.0526. The van der Waals surface area contributed by atoms with E-state index in [1.165, 1.54) is 0 Å². The van der Waals surface area contributed by atoms with E-state index in [0.29, 0.717) is 59.9 Å². The molecule has 0 N–H and O–H groups in total. The van der Waals surface area contributed by atoms with Gasteiger partial charge in [0.15, 0.2) is 0 Å². The molecule has 0 radical (unpaired) electrons. The molecule has 256 valence electrons. The van der Waals surface area contributed by atoms with E-state index in [-0.39, 0.29) is 13.2 Å². The van der Waals surface area contributed by atoms with E-state index >= 15 is 0 Å². The molecule has 0 unspecified atom stereocenters. The van der Waals surface area contributed by atoms with Gasteiger partial charge >= 0.3 is 11.9 Å². The molecule has 0 fully saturated rings. The van der Waals surface area contributed by atoms with E-state index in [9.17, 15) is 9.59 Å². The highest BCUT2D eigenvalue weighted by Gasteiger charge is 2.09. The van der Waals surface area contributed by atoms with Gasteiger partial charge in [-0.05, 0) is 129 Å². The van der Waals surface area contributed by atoms with Crippen LogP contribution in [0.5, 0.6) is 11.5 Å². The van der Waals surface area contributed by atoms with Crippen LogP contribution < -0.4 is 9.47 Å². The second-order valence-electron chi connectivity index (χ2n) is 11.2. The smallest absolute Gasteiger partial charge is 0.338 e. The van der Waals surface area contributed by atoms with Crippen molar-refractivity contribution in [3.63, 3.8) is 0 Å². The highest BCUT2D eigenvalue weighted by atomic mass is 16.5. The van der Waals surface area contributed by atoms with E-state index in [1.54, 1.807) is 48.5 Å². The highest BCUT2D eigenvalue weighted by Crippen LogP contribution is 2.23. The van der Waals surface area contributed by atoms with E-state index in [0.717, 1.165) is 43.6 Å². The summed E-state index contributed by atoms with van der Waals surface area (Å²) < 4.78 is 22.1. The third kappa shape index (κ3) is 13.3. The van der Waals surface area contributed by atoms with Crippen molar-refractivity contribution in [1.29, 1.82) is 0 Å². The van der Waals surface area contributed by atoms with Gasteiger partial charge in [0.2, 0.25) is 0 Å². The van der Waals surface area contributed by atoms with Crippen LogP contribution >= 0.6 is 0 Å². The number of carbonyl (C=O) groups is 2. The molecule has 4 aromatic carbocycles. The number of benzene rings is 4. The zero-order valence-corrected chi connectivity index (χ0v) is 28.3. The van der Waals surface area contributed by atoms with Crippen LogP contribution in [0, 0.1) is 0 Å². The summed E-state index contributed by atoms with van der Waals surface area (Å²) in [5.74, 6) is 0.816. The molecule has 10 nitrogen and oxygen atoms in total. The largest absolute Gasteiger partial charge is 0.494 e. The van der Waals surface area contributed by atoms with Gasteiger partial charge in [0.25, 0.3) is 0 Å². The van der Waals surface area contributed by atoms with Gasteiger partial charge < -0.3 is 18.9 Å². The van der Waals surface area contributed by atoms with E-state index in [2.05, 4.69) is 34.3 Å². The molecule has 4 aromatic rings. The topological polar surface area (TPSA) is 121 Å². The molecule has 10 heteroatoms. The SMILES string of the molecule is CCCCOc1ccc(N=Nc2ccc(C(=O)OCCCCCOC(=O)c3ccc(N=Nc4ccc(OCCCC)cc4)cc3)cc2)cc1. The predicted molar refractivity (Wildman–Crippen MR) is 189 cm³/mol. The highest BCUT2D eigenvalue weighted by molar-refractivity contribution is 5.90. The summed E-state index contributed by atoms with van der Waals surface area (Å²) in [7, 11) is 0. The monoisotopic (exact) mass is 664 g/mol. The van der Waals surface area contributed by atoms with Crippen LogP contribution in [0.25, 0.3) is 0 Å². The number of carbonyl (C=O) groups excluding carboxylic acids is 2. The summed E-state index contributed by atoms with van der Waals surface area (Å²) in [6, 6.07) is 28.4. The van der Waals surface area contributed by atoms with Crippen molar-refractivity contribution in [1.82, 2.24) is 0 Å².